The van der Waals surface area contributed by atoms with E-state index in [9.17, 15) is 4.79 Å². The van der Waals surface area contributed by atoms with Gasteiger partial charge in [0.05, 0.1) is 6.61 Å². The third-order valence-corrected chi connectivity index (χ3v) is 4.14. The van der Waals surface area contributed by atoms with Gasteiger partial charge in [-0.2, -0.15) is 0 Å². The lowest BCUT2D eigenvalue weighted by molar-refractivity contribution is -0.146. The summed E-state index contributed by atoms with van der Waals surface area (Å²) in [6.45, 7) is 6.44. The van der Waals surface area contributed by atoms with Crippen molar-refractivity contribution in [2.45, 2.75) is 58.5 Å². The van der Waals surface area contributed by atoms with E-state index in [4.69, 9.17) is 4.74 Å². The van der Waals surface area contributed by atoms with Gasteiger partial charge in [-0.3, -0.25) is 5.32 Å². The van der Waals surface area contributed by atoms with E-state index >= 15 is 0 Å². The van der Waals surface area contributed by atoms with Crippen LogP contribution in [-0.4, -0.2) is 18.6 Å². The molecule has 1 aromatic carbocycles. The van der Waals surface area contributed by atoms with Crippen LogP contribution < -0.4 is 5.32 Å². The summed E-state index contributed by atoms with van der Waals surface area (Å²) in [7, 11) is 0. The second-order valence-corrected chi connectivity index (χ2v) is 5.68. The van der Waals surface area contributed by atoms with Crippen LogP contribution in [0, 0.1) is 13.8 Å². The Labute approximate surface area is 121 Å². The normalized spacial score (nSPS) is 17.1. The van der Waals surface area contributed by atoms with Gasteiger partial charge in [-0.15, -0.1) is 0 Å². The number of aryl methyl sites for hydroxylation is 2. The highest BCUT2D eigenvalue weighted by Crippen LogP contribution is 2.24. The minimum Gasteiger partial charge on any atom is -0.465 e. The molecule has 0 radical (unpaired) electrons. The topological polar surface area (TPSA) is 38.3 Å². The average molecular weight is 275 g/mol. The van der Waals surface area contributed by atoms with Gasteiger partial charge in [0, 0.05) is 6.04 Å². The van der Waals surface area contributed by atoms with Gasteiger partial charge >= 0.3 is 5.97 Å². The van der Waals surface area contributed by atoms with Crippen molar-refractivity contribution in [3.05, 3.63) is 34.9 Å². The van der Waals surface area contributed by atoms with E-state index in [0.717, 1.165) is 18.4 Å². The summed E-state index contributed by atoms with van der Waals surface area (Å²) in [4.78, 5) is 12.2. The van der Waals surface area contributed by atoms with Crippen LogP contribution in [0.3, 0.4) is 0 Å². The first-order valence-corrected chi connectivity index (χ1v) is 7.61. The Morgan fingerprint density at radius 3 is 2.60 bits per heavy atom. The van der Waals surface area contributed by atoms with Crippen molar-refractivity contribution in [3.63, 3.8) is 0 Å². The second-order valence-electron chi connectivity index (χ2n) is 5.68. The summed E-state index contributed by atoms with van der Waals surface area (Å²) in [5, 5.41) is 3.49. The van der Waals surface area contributed by atoms with Crippen LogP contribution in [0.25, 0.3) is 0 Å². The molecule has 0 bridgehead atoms. The SMILES string of the molecule is CCOC(=O)C(NC1CCCC1)c1ccc(C)c(C)c1. The molecule has 20 heavy (non-hydrogen) atoms. The van der Waals surface area contributed by atoms with Crippen LogP contribution in [0.5, 0.6) is 0 Å². The van der Waals surface area contributed by atoms with Gasteiger partial charge in [-0.05, 0) is 50.3 Å². The fraction of sp³-hybridized carbons (Fsp3) is 0.588. The van der Waals surface area contributed by atoms with E-state index < -0.39 is 0 Å². The Balaban J connectivity index is 2.19. The van der Waals surface area contributed by atoms with Crippen LogP contribution in [0.1, 0.15) is 55.3 Å². The molecule has 1 atom stereocenters. The first kappa shape index (κ1) is 15.0. The fourth-order valence-corrected chi connectivity index (χ4v) is 2.80. The van der Waals surface area contributed by atoms with Crippen LogP contribution in [0.4, 0.5) is 0 Å². The number of esters is 1. The predicted octanol–water partition coefficient (Wildman–Crippen LogP) is 3.44. The molecular weight excluding hydrogens is 250 g/mol. The summed E-state index contributed by atoms with van der Waals surface area (Å²) in [5.74, 6) is -0.164. The van der Waals surface area contributed by atoms with Gasteiger partial charge in [0.1, 0.15) is 6.04 Å². The second kappa shape index (κ2) is 6.89. The Morgan fingerprint density at radius 2 is 2.00 bits per heavy atom. The van der Waals surface area contributed by atoms with Gasteiger partial charge in [0.25, 0.3) is 0 Å². The first-order chi connectivity index (χ1) is 9.61. The molecule has 0 heterocycles. The average Bonchev–Trinajstić information content (AvgIpc) is 2.92. The molecule has 1 aromatic rings. The molecule has 0 aliphatic heterocycles. The first-order valence-electron chi connectivity index (χ1n) is 7.61. The third kappa shape index (κ3) is 3.60. The van der Waals surface area contributed by atoms with Crippen molar-refractivity contribution >= 4 is 5.97 Å². The maximum absolute atomic E-state index is 12.2. The predicted molar refractivity (Wildman–Crippen MR) is 80.7 cm³/mol. The zero-order valence-corrected chi connectivity index (χ0v) is 12.7. The molecular formula is C17H25NO2. The lowest BCUT2D eigenvalue weighted by atomic mass is 10.00. The number of carbonyl (C=O) groups excluding carboxylic acids is 1. The van der Waals surface area contributed by atoms with Crippen LogP contribution in [0.15, 0.2) is 18.2 Å². The number of rotatable bonds is 5. The Bertz CT molecular complexity index is 464. The van der Waals surface area contributed by atoms with Gasteiger partial charge in [0.15, 0.2) is 0 Å². The van der Waals surface area contributed by atoms with Gasteiger partial charge in [-0.25, -0.2) is 4.79 Å². The van der Waals surface area contributed by atoms with E-state index in [1.807, 2.05) is 13.0 Å². The highest BCUT2D eigenvalue weighted by Gasteiger charge is 2.26. The number of ether oxygens (including phenoxy) is 1. The Morgan fingerprint density at radius 1 is 1.30 bits per heavy atom. The van der Waals surface area contributed by atoms with Crippen molar-refractivity contribution in [2.75, 3.05) is 6.61 Å². The lowest BCUT2D eigenvalue weighted by Gasteiger charge is -2.22. The van der Waals surface area contributed by atoms with E-state index in [0.29, 0.717) is 12.6 Å². The zero-order chi connectivity index (χ0) is 14.5. The Hall–Kier alpha value is -1.35. The smallest absolute Gasteiger partial charge is 0.327 e. The molecule has 1 aliphatic carbocycles. The fourth-order valence-electron chi connectivity index (χ4n) is 2.80. The minimum absolute atomic E-state index is 0.164. The largest absolute Gasteiger partial charge is 0.465 e. The quantitative estimate of drug-likeness (QED) is 0.837. The number of hydrogen-bond donors (Lipinski definition) is 1. The van der Waals surface area contributed by atoms with Crippen molar-refractivity contribution in [1.29, 1.82) is 0 Å². The summed E-state index contributed by atoms with van der Waals surface area (Å²) in [5.41, 5.74) is 3.47. The zero-order valence-electron chi connectivity index (χ0n) is 12.7. The molecule has 1 saturated carbocycles. The number of carbonyl (C=O) groups is 1. The highest BCUT2D eigenvalue weighted by molar-refractivity contribution is 5.77. The summed E-state index contributed by atoms with van der Waals surface area (Å²) in [6.07, 6.45) is 4.81. The molecule has 1 fully saturated rings. The molecule has 1 N–H and O–H groups in total. The summed E-state index contributed by atoms with van der Waals surface area (Å²) < 4.78 is 5.24. The van der Waals surface area contributed by atoms with Gasteiger partial charge in [-0.1, -0.05) is 31.0 Å². The molecule has 2 rings (SSSR count). The molecule has 0 amide bonds. The molecule has 3 nitrogen and oxygen atoms in total. The highest BCUT2D eigenvalue weighted by atomic mass is 16.5. The molecule has 3 heteroatoms. The maximum Gasteiger partial charge on any atom is 0.327 e. The van der Waals surface area contributed by atoms with E-state index in [2.05, 4.69) is 31.3 Å². The summed E-state index contributed by atoms with van der Waals surface area (Å²) >= 11 is 0. The number of nitrogens with one attached hydrogen (secondary N) is 1. The number of benzene rings is 1. The third-order valence-electron chi connectivity index (χ3n) is 4.14. The molecule has 1 unspecified atom stereocenters. The Kier molecular flexibility index (Phi) is 5.18. The standard InChI is InChI=1S/C17H25NO2/c1-4-20-17(19)16(18-15-7-5-6-8-15)14-10-9-12(2)13(3)11-14/h9-11,15-16,18H,4-8H2,1-3H3. The monoisotopic (exact) mass is 275 g/mol. The van der Waals surface area contributed by atoms with Crippen LogP contribution in [0.2, 0.25) is 0 Å². The van der Waals surface area contributed by atoms with Crippen molar-refractivity contribution in [3.8, 4) is 0 Å². The minimum atomic E-state index is -0.336. The van der Waals surface area contributed by atoms with E-state index in [-0.39, 0.29) is 12.0 Å². The van der Waals surface area contributed by atoms with Gasteiger partial charge < -0.3 is 4.74 Å². The maximum atomic E-state index is 12.2. The summed E-state index contributed by atoms with van der Waals surface area (Å²) in [6, 6.07) is 6.31. The van der Waals surface area contributed by atoms with Gasteiger partial charge in [0.2, 0.25) is 0 Å². The lowest BCUT2D eigenvalue weighted by Crippen LogP contribution is -2.36. The van der Waals surface area contributed by atoms with Crippen molar-refractivity contribution in [1.82, 2.24) is 5.32 Å². The molecule has 0 aromatic heterocycles. The van der Waals surface area contributed by atoms with Crippen molar-refractivity contribution in [2.24, 2.45) is 0 Å². The van der Waals surface area contributed by atoms with Crippen LogP contribution in [-0.2, 0) is 9.53 Å². The molecule has 1 aliphatic rings. The molecule has 0 spiro atoms. The number of hydrogen-bond acceptors (Lipinski definition) is 3. The molecule has 0 saturated heterocycles. The van der Waals surface area contributed by atoms with E-state index in [1.54, 1.807) is 0 Å². The van der Waals surface area contributed by atoms with Crippen molar-refractivity contribution < 1.29 is 9.53 Å². The van der Waals surface area contributed by atoms with Crippen LogP contribution >= 0.6 is 0 Å². The van der Waals surface area contributed by atoms with E-state index in [1.165, 1.54) is 24.0 Å². The molecule has 110 valence electrons.